The number of carbonyl (C=O) groups excluding carboxylic acids is 1. The number of benzene rings is 1. The van der Waals surface area contributed by atoms with Gasteiger partial charge >= 0.3 is 0 Å². The molecular formula is C22H36N4O2. The first-order chi connectivity index (χ1) is 13.4. The normalized spacial score (nSPS) is 25.6. The maximum atomic E-state index is 13.4. The summed E-state index contributed by atoms with van der Waals surface area (Å²) >= 11 is 0. The maximum absolute atomic E-state index is 13.4. The van der Waals surface area contributed by atoms with Crippen LogP contribution in [0.4, 0.5) is 5.69 Å². The molecule has 0 aromatic heterocycles. The van der Waals surface area contributed by atoms with Crippen LogP contribution in [0.15, 0.2) is 18.2 Å². The number of hydrogen-bond donors (Lipinski definition) is 2. The van der Waals surface area contributed by atoms with Crippen LogP contribution in [-0.2, 0) is 9.53 Å². The van der Waals surface area contributed by atoms with Gasteiger partial charge in [0.25, 0.3) is 0 Å². The number of hydrogen-bond acceptors (Lipinski definition) is 5. The van der Waals surface area contributed by atoms with E-state index >= 15 is 0 Å². The van der Waals surface area contributed by atoms with Crippen LogP contribution in [0.2, 0.25) is 0 Å². The van der Waals surface area contributed by atoms with Crippen molar-refractivity contribution < 1.29 is 9.53 Å². The maximum Gasteiger partial charge on any atom is 0.244 e. The van der Waals surface area contributed by atoms with Gasteiger partial charge in [-0.25, -0.2) is 0 Å². The predicted molar refractivity (Wildman–Crippen MR) is 114 cm³/mol. The molecule has 1 aromatic carbocycles. The van der Waals surface area contributed by atoms with Crippen molar-refractivity contribution in [2.75, 3.05) is 52.7 Å². The smallest absolute Gasteiger partial charge is 0.244 e. The van der Waals surface area contributed by atoms with E-state index in [0.29, 0.717) is 6.04 Å². The summed E-state index contributed by atoms with van der Waals surface area (Å²) in [5, 5.41) is 6.67. The Labute approximate surface area is 169 Å². The summed E-state index contributed by atoms with van der Waals surface area (Å²) in [6.45, 7) is 7.88. The summed E-state index contributed by atoms with van der Waals surface area (Å²) in [5.41, 5.74) is 2.70. The highest BCUT2D eigenvalue weighted by molar-refractivity contribution is 5.99. The van der Waals surface area contributed by atoms with Crippen molar-refractivity contribution in [3.63, 3.8) is 0 Å². The van der Waals surface area contributed by atoms with E-state index in [1.165, 1.54) is 0 Å². The molecule has 0 unspecified atom stereocenters. The van der Waals surface area contributed by atoms with Crippen molar-refractivity contribution in [1.82, 2.24) is 15.1 Å². The van der Waals surface area contributed by atoms with Crippen molar-refractivity contribution in [2.24, 2.45) is 0 Å². The van der Waals surface area contributed by atoms with Gasteiger partial charge in [-0.3, -0.25) is 14.6 Å². The first-order valence-electron chi connectivity index (χ1n) is 10.4. The number of methoxy groups -OCH3 is 1. The molecule has 2 atom stereocenters. The topological polar surface area (TPSA) is 56.8 Å². The third-order valence-electron chi connectivity index (χ3n) is 6.79. The second-order valence-electron chi connectivity index (χ2n) is 8.52. The number of likely N-dealkylation sites (N-methyl/N-ethyl adjacent to an activating group) is 1. The Hall–Kier alpha value is -1.47. The molecule has 1 amide bonds. The Morgan fingerprint density at radius 1 is 1.25 bits per heavy atom. The fourth-order valence-electron chi connectivity index (χ4n) is 4.82. The summed E-state index contributed by atoms with van der Waals surface area (Å²) in [7, 11) is 5.86. The molecule has 2 N–H and O–H groups in total. The van der Waals surface area contributed by atoms with Gasteiger partial charge in [-0.2, -0.15) is 0 Å². The van der Waals surface area contributed by atoms with Gasteiger partial charge in [0.05, 0.1) is 6.10 Å². The lowest BCUT2D eigenvalue weighted by molar-refractivity contribution is -0.131. The van der Waals surface area contributed by atoms with E-state index in [1.807, 2.05) is 20.2 Å². The number of anilines is 1. The van der Waals surface area contributed by atoms with E-state index in [1.54, 1.807) is 7.11 Å². The highest BCUT2D eigenvalue weighted by atomic mass is 16.5. The van der Waals surface area contributed by atoms with Crippen molar-refractivity contribution in [3.05, 3.63) is 29.3 Å². The van der Waals surface area contributed by atoms with Crippen LogP contribution in [0.5, 0.6) is 0 Å². The zero-order valence-corrected chi connectivity index (χ0v) is 18.0. The molecule has 0 saturated carbocycles. The minimum absolute atomic E-state index is 0.114. The van der Waals surface area contributed by atoms with Crippen LogP contribution in [0.3, 0.4) is 0 Å². The highest BCUT2D eigenvalue weighted by Crippen LogP contribution is 2.32. The zero-order valence-electron chi connectivity index (χ0n) is 18.0. The minimum atomic E-state index is -0.472. The van der Waals surface area contributed by atoms with E-state index in [2.05, 4.69) is 46.4 Å². The molecule has 6 heteroatoms. The molecule has 2 heterocycles. The summed E-state index contributed by atoms with van der Waals surface area (Å²) < 4.78 is 5.72. The van der Waals surface area contributed by atoms with Crippen LogP contribution in [0.1, 0.15) is 30.4 Å². The number of carbonyl (C=O) groups is 1. The Balaban J connectivity index is 1.73. The van der Waals surface area contributed by atoms with Crippen LogP contribution in [0.25, 0.3) is 0 Å². The summed E-state index contributed by atoms with van der Waals surface area (Å²) in [4.78, 5) is 18.1. The molecule has 0 aliphatic carbocycles. The lowest BCUT2D eigenvalue weighted by Gasteiger charge is -2.48. The molecule has 2 aliphatic rings. The number of nitrogens with zero attached hydrogens (tertiary/aromatic N) is 2. The number of amides is 1. The third-order valence-corrected chi connectivity index (χ3v) is 6.79. The quantitative estimate of drug-likeness (QED) is 0.808. The van der Waals surface area contributed by atoms with Crippen molar-refractivity contribution >= 4 is 11.6 Å². The molecule has 3 rings (SSSR count). The Morgan fingerprint density at radius 2 is 1.89 bits per heavy atom. The molecule has 2 saturated heterocycles. The zero-order chi connectivity index (χ0) is 20.3. The fourth-order valence-corrected chi connectivity index (χ4v) is 4.82. The Kier molecular flexibility index (Phi) is 6.76. The number of para-hydroxylation sites is 1. The molecule has 0 bridgehead atoms. The molecule has 2 aliphatic heterocycles. The van der Waals surface area contributed by atoms with E-state index in [9.17, 15) is 4.79 Å². The molecule has 6 nitrogen and oxygen atoms in total. The van der Waals surface area contributed by atoms with Gasteiger partial charge in [-0.1, -0.05) is 18.2 Å². The van der Waals surface area contributed by atoms with Gasteiger partial charge in [0.1, 0.15) is 5.54 Å². The number of likely N-dealkylation sites (tertiary alicyclic amines) is 1. The number of nitrogens with one attached hydrogen (secondary N) is 2. The van der Waals surface area contributed by atoms with Crippen LogP contribution >= 0.6 is 0 Å². The largest absolute Gasteiger partial charge is 0.378 e. The van der Waals surface area contributed by atoms with Gasteiger partial charge in [0.2, 0.25) is 5.91 Å². The monoisotopic (exact) mass is 388 g/mol. The first kappa shape index (κ1) is 21.2. The van der Waals surface area contributed by atoms with E-state index < -0.39 is 5.54 Å². The first-order valence-corrected chi connectivity index (χ1v) is 10.4. The SMILES string of the molecule is CO[C@@H]1CNCC[C@@H]1N1CCC(C(=O)Nc2c(C)cccc2C)(N(C)C)CC1. The fraction of sp³-hybridized carbons (Fsp3) is 0.682. The highest BCUT2D eigenvalue weighted by Gasteiger charge is 2.45. The van der Waals surface area contributed by atoms with E-state index in [4.69, 9.17) is 4.74 Å². The molecule has 0 radical (unpaired) electrons. The average molecular weight is 389 g/mol. The lowest BCUT2D eigenvalue weighted by atomic mass is 9.83. The predicted octanol–water partition coefficient (Wildman–Crippen LogP) is 2.02. The average Bonchev–Trinajstić information content (AvgIpc) is 2.70. The molecule has 28 heavy (non-hydrogen) atoms. The Bertz CT molecular complexity index is 663. The number of ether oxygens (including phenoxy) is 1. The van der Waals surface area contributed by atoms with Crippen LogP contribution < -0.4 is 10.6 Å². The number of piperidine rings is 2. The van der Waals surface area contributed by atoms with Crippen LogP contribution in [0, 0.1) is 13.8 Å². The standard InChI is InChI=1S/C22H36N4O2/c1-16-7-6-8-17(2)20(16)24-21(27)22(25(3)4)10-13-26(14-11-22)18-9-12-23-15-19(18)28-5/h6-8,18-19,23H,9-15H2,1-5H3,(H,24,27)/t18-,19+/m0/s1. The number of rotatable bonds is 5. The van der Waals surface area contributed by atoms with Crippen molar-refractivity contribution in [3.8, 4) is 0 Å². The molecular weight excluding hydrogens is 352 g/mol. The molecule has 1 aromatic rings. The molecule has 156 valence electrons. The number of aryl methyl sites for hydroxylation is 2. The minimum Gasteiger partial charge on any atom is -0.378 e. The van der Waals surface area contributed by atoms with E-state index in [-0.39, 0.29) is 12.0 Å². The summed E-state index contributed by atoms with van der Waals surface area (Å²) in [6.07, 6.45) is 2.99. The second kappa shape index (κ2) is 8.91. The summed E-state index contributed by atoms with van der Waals surface area (Å²) in [6, 6.07) is 6.57. The van der Waals surface area contributed by atoms with Gasteiger partial charge in [-0.05, 0) is 64.9 Å². The van der Waals surface area contributed by atoms with Crippen molar-refractivity contribution in [2.45, 2.75) is 50.8 Å². The van der Waals surface area contributed by atoms with Gasteiger partial charge < -0.3 is 15.4 Å². The van der Waals surface area contributed by atoms with Gasteiger partial charge in [0, 0.05) is 38.5 Å². The van der Waals surface area contributed by atoms with E-state index in [0.717, 1.165) is 62.3 Å². The lowest BCUT2D eigenvalue weighted by Crippen LogP contribution is -2.63. The van der Waals surface area contributed by atoms with Gasteiger partial charge in [0.15, 0.2) is 0 Å². The third kappa shape index (κ3) is 4.10. The summed E-state index contributed by atoms with van der Waals surface area (Å²) in [5.74, 6) is 0.114. The Morgan fingerprint density at radius 3 is 2.46 bits per heavy atom. The second-order valence-corrected chi connectivity index (χ2v) is 8.52. The van der Waals surface area contributed by atoms with Crippen LogP contribution in [-0.4, -0.2) is 80.8 Å². The van der Waals surface area contributed by atoms with Gasteiger partial charge in [-0.15, -0.1) is 0 Å². The molecule has 0 spiro atoms. The van der Waals surface area contributed by atoms with Crippen molar-refractivity contribution in [1.29, 1.82) is 0 Å². The molecule has 2 fully saturated rings.